The second-order valence-electron chi connectivity index (χ2n) is 11.5. The summed E-state index contributed by atoms with van der Waals surface area (Å²) in [5, 5.41) is 14.4. The summed E-state index contributed by atoms with van der Waals surface area (Å²) in [4.78, 5) is 7.50. The maximum absolute atomic E-state index is 10.2. The molecule has 0 heterocycles. The van der Waals surface area contributed by atoms with Crippen molar-refractivity contribution in [2.24, 2.45) is 39.7 Å². The smallest absolute Gasteiger partial charge is 0.129 e. The van der Waals surface area contributed by atoms with Gasteiger partial charge in [-0.25, -0.2) is 0 Å². The Morgan fingerprint density at radius 2 is 2.00 bits per heavy atom. The summed E-state index contributed by atoms with van der Waals surface area (Å²) in [7, 11) is 4.11. The highest BCUT2D eigenvalue weighted by Crippen LogP contribution is 2.66. The first-order chi connectivity index (χ1) is 14.3. The van der Waals surface area contributed by atoms with Gasteiger partial charge in [0.25, 0.3) is 0 Å². The van der Waals surface area contributed by atoms with E-state index < -0.39 is 0 Å². The van der Waals surface area contributed by atoms with Crippen LogP contribution in [0.1, 0.15) is 78.1 Å². The van der Waals surface area contributed by atoms with Crippen LogP contribution in [0, 0.1) is 34.5 Å². The zero-order valence-electron chi connectivity index (χ0n) is 19.8. The fourth-order valence-electron chi connectivity index (χ4n) is 7.88. The molecule has 0 aromatic heterocycles. The number of aliphatic hydroxyl groups excluding tert-OH is 1. The number of fused-ring (bicyclic) bond motifs is 5. The number of aliphatic hydroxyl groups is 1. The van der Waals surface area contributed by atoms with Gasteiger partial charge in [-0.1, -0.05) is 30.7 Å². The van der Waals surface area contributed by atoms with E-state index in [0.717, 1.165) is 49.5 Å². The molecule has 4 aliphatic carbocycles. The monoisotopic (exact) mass is 416 g/mol. The molecule has 0 radical (unpaired) electrons. The molecule has 4 heteroatoms. The van der Waals surface area contributed by atoms with E-state index in [2.05, 4.69) is 44.1 Å². The van der Waals surface area contributed by atoms with E-state index in [0.29, 0.717) is 17.4 Å². The van der Waals surface area contributed by atoms with Gasteiger partial charge in [0.05, 0.1) is 6.10 Å². The van der Waals surface area contributed by atoms with Crippen molar-refractivity contribution < 1.29 is 9.94 Å². The molecule has 0 bridgehead atoms. The van der Waals surface area contributed by atoms with Crippen LogP contribution in [0.25, 0.3) is 0 Å². The Morgan fingerprint density at radius 3 is 2.80 bits per heavy atom. The molecule has 4 rings (SSSR count). The number of hydrogen-bond acceptors (Lipinski definition) is 4. The minimum absolute atomic E-state index is 0.0980. The highest BCUT2D eigenvalue weighted by Gasteiger charge is 2.58. The standard InChI is InChI=1S/C26H44N2O2/c1-25-14-12-24-22(9-7-20-18-21(29)11-13-26(20,24)2)23(25)10-8-19(25)6-5-15-27-30-17-16-28(3)4/h7,15,19,21-24,29H,5-6,8-14,16-18H2,1-4H3/b27-15+/t19-,21-,22-,23-,24-,25+,26-/m0/s1. The predicted molar refractivity (Wildman–Crippen MR) is 123 cm³/mol. The van der Waals surface area contributed by atoms with E-state index in [1.54, 1.807) is 5.57 Å². The van der Waals surface area contributed by atoms with Crippen LogP contribution < -0.4 is 0 Å². The lowest BCUT2D eigenvalue weighted by Gasteiger charge is -2.58. The van der Waals surface area contributed by atoms with Crippen molar-refractivity contribution in [3.05, 3.63) is 11.6 Å². The molecule has 170 valence electrons. The maximum Gasteiger partial charge on any atom is 0.129 e. The lowest BCUT2D eigenvalue weighted by atomic mass is 9.47. The molecular weight excluding hydrogens is 372 g/mol. The number of hydrogen-bond donors (Lipinski definition) is 1. The first-order valence-corrected chi connectivity index (χ1v) is 12.5. The van der Waals surface area contributed by atoms with Gasteiger partial charge in [-0.05, 0) is 113 Å². The normalized spacial score (nSPS) is 43.3. The Labute approximate surface area is 184 Å². The van der Waals surface area contributed by atoms with E-state index in [9.17, 15) is 5.11 Å². The van der Waals surface area contributed by atoms with Gasteiger partial charge >= 0.3 is 0 Å². The van der Waals surface area contributed by atoms with Crippen LogP contribution in [-0.4, -0.2) is 49.6 Å². The van der Waals surface area contributed by atoms with E-state index in [1.807, 2.05) is 6.21 Å². The second-order valence-corrected chi connectivity index (χ2v) is 11.5. The number of rotatable bonds is 7. The van der Waals surface area contributed by atoms with Gasteiger partial charge in [-0.3, -0.25) is 0 Å². The van der Waals surface area contributed by atoms with E-state index in [1.165, 1.54) is 44.9 Å². The van der Waals surface area contributed by atoms with Crippen LogP contribution in [0.15, 0.2) is 16.8 Å². The highest BCUT2D eigenvalue weighted by atomic mass is 16.6. The first-order valence-electron chi connectivity index (χ1n) is 12.5. The third-order valence-corrected chi connectivity index (χ3v) is 9.70. The Hall–Kier alpha value is -0.870. The average Bonchev–Trinajstić information content (AvgIpc) is 3.04. The van der Waals surface area contributed by atoms with E-state index in [4.69, 9.17) is 4.84 Å². The van der Waals surface area contributed by atoms with Gasteiger partial charge < -0.3 is 14.8 Å². The molecular formula is C26H44N2O2. The van der Waals surface area contributed by atoms with Gasteiger partial charge in [-0.15, -0.1) is 0 Å². The van der Waals surface area contributed by atoms with Crippen molar-refractivity contribution in [1.82, 2.24) is 4.90 Å². The van der Waals surface area contributed by atoms with Crippen LogP contribution in [0.3, 0.4) is 0 Å². The molecule has 3 fully saturated rings. The molecule has 0 aliphatic heterocycles. The van der Waals surface area contributed by atoms with Gasteiger partial charge in [-0.2, -0.15) is 0 Å². The first kappa shape index (κ1) is 22.3. The van der Waals surface area contributed by atoms with E-state index >= 15 is 0 Å². The molecule has 7 atom stereocenters. The lowest BCUT2D eigenvalue weighted by molar-refractivity contribution is -0.0503. The number of nitrogens with zero attached hydrogens (tertiary/aromatic N) is 2. The van der Waals surface area contributed by atoms with Gasteiger partial charge in [0.15, 0.2) is 0 Å². The third kappa shape index (κ3) is 4.11. The Balaban J connectivity index is 1.35. The Morgan fingerprint density at radius 1 is 1.17 bits per heavy atom. The molecule has 0 spiro atoms. The Kier molecular flexibility index (Phi) is 6.65. The molecule has 0 amide bonds. The number of likely N-dealkylation sites (N-methyl/N-ethyl adjacent to an activating group) is 1. The molecule has 0 saturated heterocycles. The molecule has 4 aliphatic rings. The minimum Gasteiger partial charge on any atom is -0.395 e. The SMILES string of the molecule is CN(C)CCO/N=C/CC[C@H]1CC[C@H]2[C@@H]3CC=C4C[C@@H](O)CC[C@]4(C)[C@H]3CC[C@]12C. The predicted octanol–water partition coefficient (Wildman–Crippen LogP) is 5.27. The summed E-state index contributed by atoms with van der Waals surface area (Å²) < 4.78 is 0. The summed E-state index contributed by atoms with van der Waals surface area (Å²) in [6.45, 7) is 6.73. The van der Waals surface area contributed by atoms with Crippen molar-refractivity contribution in [3.8, 4) is 0 Å². The van der Waals surface area contributed by atoms with Crippen LogP contribution >= 0.6 is 0 Å². The minimum atomic E-state index is -0.0980. The molecule has 0 unspecified atom stereocenters. The molecule has 3 saturated carbocycles. The van der Waals surface area contributed by atoms with Crippen molar-refractivity contribution in [2.75, 3.05) is 27.2 Å². The maximum atomic E-state index is 10.2. The van der Waals surface area contributed by atoms with Crippen molar-refractivity contribution in [3.63, 3.8) is 0 Å². The topological polar surface area (TPSA) is 45.1 Å². The molecule has 0 aromatic rings. The zero-order valence-corrected chi connectivity index (χ0v) is 19.8. The van der Waals surface area contributed by atoms with Crippen molar-refractivity contribution in [2.45, 2.75) is 84.2 Å². The lowest BCUT2D eigenvalue weighted by Crippen LogP contribution is -2.50. The molecule has 30 heavy (non-hydrogen) atoms. The average molecular weight is 417 g/mol. The fraction of sp³-hybridized carbons (Fsp3) is 0.885. The summed E-state index contributed by atoms with van der Waals surface area (Å²) in [5.41, 5.74) is 2.46. The number of allylic oxidation sites excluding steroid dienone is 1. The van der Waals surface area contributed by atoms with Crippen LogP contribution in [0.4, 0.5) is 0 Å². The Bertz CT molecular complexity index is 659. The fourth-order valence-corrected chi connectivity index (χ4v) is 7.88. The van der Waals surface area contributed by atoms with Gasteiger partial charge in [0.1, 0.15) is 6.61 Å². The van der Waals surface area contributed by atoms with Crippen molar-refractivity contribution in [1.29, 1.82) is 0 Å². The number of oxime groups is 1. The summed E-state index contributed by atoms with van der Waals surface area (Å²) in [6, 6.07) is 0. The van der Waals surface area contributed by atoms with Crippen LogP contribution in [0.2, 0.25) is 0 Å². The quantitative estimate of drug-likeness (QED) is 0.266. The van der Waals surface area contributed by atoms with E-state index in [-0.39, 0.29) is 6.10 Å². The third-order valence-electron chi connectivity index (χ3n) is 9.70. The summed E-state index contributed by atoms with van der Waals surface area (Å²) in [6.07, 6.45) is 16.7. The van der Waals surface area contributed by atoms with Crippen molar-refractivity contribution >= 4 is 6.21 Å². The van der Waals surface area contributed by atoms with Crippen LogP contribution in [0.5, 0.6) is 0 Å². The molecule has 1 N–H and O–H groups in total. The van der Waals surface area contributed by atoms with Crippen LogP contribution in [-0.2, 0) is 4.84 Å². The zero-order chi connectivity index (χ0) is 21.4. The van der Waals surface area contributed by atoms with Gasteiger partial charge in [0, 0.05) is 12.8 Å². The molecule has 0 aromatic carbocycles. The second kappa shape index (κ2) is 8.94. The summed E-state index contributed by atoms with van der Waals surface area (Å²) >= 11 is 0. The van der Waals surface area contributed by atoms with Gasteiger partial charge in [0.2, 0.25) is 0 Å². The largest absolute Gasteiger partial charge is 0.395 e. The summed E-state index contributed by atoms with van der Waals surface area (Å²) in [5.74, 6) is 3.42. The molecule has 4 nitrogen and oxygen atoms in total. The highest BCUT2D eigenvalue weighted by molar-refractivity contribution is 5.56.